The second kappa shape index (κ2) is 8.92. The smallest absolute Gasteiger partial charge is 0.342 e. The molecule has 0 saturated heterocycles. The first-order chi connectivity index (χ1) is 14.7. The van der Waals surface area contributed by atoms with E-state index in [2.05, 4.69) is 20.9 Å². The van der Waals surface area contributed by atoms with Crippen LogP contribution >= 0.6 is 15.9 Å². The Morgan fingerprint density at radius 2 is 1.74 bits per heavy atom. The average Bonchev–Trinajstić information content (AvgIpc) is 2.71. The largest absolute Gasteiger partial charge is 0.496 e. The molecule has 0 fully saturated rings. The summed E-state index contributed by atoms with van der Waals surface area (Å²) in [6.45, 7) is 0.0309. The van der Waals surface area contributed by atoms with Gasteiger partial charge in [-0.25, -0.2) is 9.59 Å². The minimum Gasteiger partial charge on any atom is -0.496 e. The van der Waals surface area contributed by atoms with E-state index in [1.807, 2.05) is 6.07 Å². The van der Waals surface area contributed by atoms with E-state index in [0.717, 1.165) is 4.47 Å². The van der Waals surface area contributed by atoms with Gasteiger partial charge in [0.25, 0.3) is 5.56 Å². The molecule has 1 aromatic heterocycles. The summed E-state index contributed by atoms with van der Waals surface area (Å²) in [7, 11) is 1.45. The molecule has 0 saturated carbocycles. The molecule has 0 atom stereocenters. The number of methoxy groups -OCH3 is 1. The van der Waals surface area contributed by atoms with Crippen molar-refractivity contribution in [2.75, 3.05) is 12.8 Å². The lowest BCUT2D eigenvalue weighted by Gasteiger charge is -2.16. The van der Waals surface area contributed by atoms with E-state index in [1.54, 1.807) is 18.2 Å². The highest BCUT2D eigenvalue weighted by atomic mass is 79.9. The number of anilines is 1. The van der Waals surface area contributed by atoms with Gasteiger partial charge in [-0.15, -0.1) is 0 Å². The first-order valence-electron chi connectivity index (χ1n) is 8.81. The number of nitrogen functional groups attached to an aromatic ring is 1. The molecule has 0 aliphatic rings. The molecule has 3 rings (SSSR count). The second-order valence-electron chi connectivity index (χ2n) is 6.35. The van der Waals surface area contributed by atoms with Gasteiger partial charge < -0.3 is 30.4 Å². The maximum Gasteiger partial charge on any atom is 0.342 e. The van der Waals surface area contributed by atoms with E-state index in [0.29, 0.717) is 17.1 Å². The number of carboxylic acids is 2. The van der Waals surface area contributed by atoms with Gasteiger partial charge in [-0.1, -0.05) is 18.2 Å². The third kappa shape index (κ3) is 4.38. The molecule has 5 N–H and O–H groups in total. The van der Waals surface area contributed by atoms with Gasteiger partial charge in [-0.2, -0.15) is 0 Å². The first-order valence-corrected chi connectivity index (χ1v) is 9.60. The maximum absolute atomic E-state index is 12.2. The third-order valence-electron chi connectivity index (χ3n) is 4.46. The monoisotopic (exact) mass is 488 g/mol. The first kappa shape index (κ1) is 21.9. The summed E-state index contributed by atoms with van der Waals surface area (Å²) < 4.78 is 11.9. The molecule has 2 aromatic carbocycles. The number of carbonyl (C=O) groups is 2. The predicted octanol–water partition coefficient (Wildman–Crippen LogP) is 3.37. The number of hydrogen-bond donors (Lipinski definition) is 4. The Morgan fingerprint density at radius 3 is 2.35 bits per heavy atom. The van der Waals surface area contributed by atoms with Gasteiger partial charge in [0.1, 0.15) is 35.1 Å². The van der Waals surface area contributed by atoms with Gasteiger partial charge >= 0.3 is 11.9 Å². The molecule has 0 radical (unpaired) electrons. The highest BCUT2D eigenvalue weighted by molar-refractivity contribution is 9.10. The number of rotatable bonds is 7. The maximum atomic E-state index is 12.2. The minimum atomic E-state index is -1.58. The zero-order valence-electron chi connectivity index (χ0n) is 16.1. The van der Waals surface area contributed by atoms with Gasteiger partial charge in [0.15, 0.2) is 0 Å². The van der Waals surface area contributed by atoms with Crippen LogP contribution in [-0.2, 0) is 6.61 Å². The van der Waals surface area contributed by atoms with Crippen molar-refractivity contribution in [1.29, 1.82) is 0 Å². The van der Waals surface area contributed by atoms with E-state index < -0.39 is 34.4 Å². The van der Waals surface area contributed by atoms with Crippen LogP contribution in [0.3, 0.4) is 0 Å². The number of H-pyrrole nitrogens is 1. The summed E-state index contributed by atoms with van der Waals surface area (Å²) in [4.78, 5) is 37.9. The fraction of sp³-hybridized carbons (Fsp3) is 0.0952. The van der Waals surface area contributed by atoms with E-state index in [9.17, 15) is 24.6 Å². The normalized spacial score (nSPS) is 10.5. The number of aromatic nitrogens is 1. The Morgan fingerprint density at radius 1 is 1.06 bits per heavy atom. The van der Waals surface area contributed by atoms with Crippen LogP contribution in [0.4, 0.5) is 5.82 Å². The summed E-state index contributed by atoms with van der Waals surface area (Å²) in [6, 6.07) is 11.7. The van der Waals surface area contributed by atoms with Crippen molar-refractivity contribution in [3.8, 4) is 22.6 Å². The van der Waals surface area contributed by atoms with E-state index in [-0.39, 0.29) is 17.7 Å². The number of ether oxygens (including phenoxy) is 2. The van der Waals surface area contributed by atoms with Crippen molar-refractivity contribution in [3.05, 3.63) is 74.0 Å². The Kier molecular flexibility index (Phi) is 6.30. The number of halogens is 1. The van der Waals surface area contributed by atoms with Crippen LogP contribution in [0.2, 0.25) is 0 Å². The van der Waals surface area contributed by atoms with Gasteiger partial charge in [0, 0.05) is 11.1 Å². The number of hydrogen-bond acceptors (Lipinski definition) is 6. The number of aromatic carboxylic acids is 2. The van der Waals surface area contributed by atoms with Crippen LogP contribution in [0.5, 0.6) is 11.5 Å². The molecule has 10 heteroatoms. The summed E-state index contributed by atoms with van der Waals surface area (Å²) in [6.07, 6.45) is 0. The van der Waals surface area contributed by atoms with Crippen LogP contribution < -0.4 is 20.8 Å². The van der Waals surface area contributed by atoms with Crippen molar-refractivity contribution in [1.82, 2.24) is 4.98 Å². The lowest BCUT2D eigenvalue weighted by molar-refractivity contribution is 0.0695. The molecule has 160 valence electrons. The number of para-hydroxylation sites is 1. The van der Waals surface area contributed by atoms with Crippen LogP contribution in [0, 0.1) is 0 Å². The molecule has 0 aliphatic carbocycles. The number of benzene rings is 2. The fourth-order valence-electron chi connectivity index (χ4n) is 3.10. The molecule has 0 unspecified atom stereocenters. The van der Waals surface area contributed by atoms with Crippen LogP contribution in [-0.4, -0.2) is 34.2 Å². The quantitative estimate of drug-likeness (QED) is 0.394. The van der Waals surface area contributed by atoms with Crippen LogP contribution in [0.25, 0.3) is 11.1 Å². The fourth-order valence-corrected chi connectivity index (χ4v) is 3.50. The van der Waals surface area contributed by atoms with E-state index in [1.165, 1.54) is 25.3 Å². The third-order valence-corrected chi connectivity index (χ3v) is 5.12. The number of nitrogens with two attached hydrogens (primary N) is 1. The van der Waals surface area contributed by atoms with Gasteiger partial charge in [-0.3, -0.25) is 4.79 Å². The SMILES string of the molecule is COc1ccc(-c2c(C(=O)O)c(N)[nH]c(=O)c2C(=O)O)cc1COc1ccccc1Br. The Labute approximate surface area is 184 Å². The van der Waals surface area contributed by atoms with Crippen molar-refractivity contribution >= 4 is 33.7 Å². The lowest BCUT2D eigenvalue weighted by Crippen LogP contribution is -2.24. The predicted molar refractivity (Wildman–Crippen MR) is 116 cm³/mol. The molecule has 3 aromatic rings. The van der Waals surface area contributed by atoms with Gasteiger partial charge in [-0.05, 0) is 45.8 Å². The molecule has 9 nitrogen and oxygen atoms in total. The van der Waals surface area contributed by atoms with Gasteiger partial charge in [0.2, 0.25) is 0 Å². The topological polar surface area (TPSA) is 152 Å². The van der Waals surface area contributed by atoms with Crippen LogP contribution in [0.1, 0.15) is 26.3 Å². The number of nitrogens with one attached hydrogen (secondary N) is 1. The second-order valence-corrected chi connectivity index (χ2v) is 7.20. The molecule has 0 bridgehead atoms. The number of carboxylic acid groups (broad SMARTS) is 2. The van der Waals surface area contributed by atoms with Crippen molar-refractivity contribution in [2.45, 2.75) is 6.61 Å². The highest BCUT2D eigenvalue weighted by Gasteiger charge is 2.27. The standard InChI is InChI=1S/C21H17BrN2O7/c1-30-13-7-6-10(8-11(13)9-31-14-5-3-2-4-12(14)22)15-16(20(26)27)18(23)24-19(25)17(15)21(28)29/h2-8H,9H2,1H3,(H,26,27)(H,28,29)(H3,23,24,25). The van der Waals surface area contributed by atoms with Crippen molar-refractivity contribution in [3.63, 3.8) is 0 Å². The van der Waals surface area contributed by atoms with Crippen molar-refractivity contribution in [2.24, 2.45) is 0 Å². The van der Waals surface area contributed by atoms with Gasteiger partial charge in [0.05, 0.1) is 11.6 Å². The highest BCUT2D eigenvalue weighted by Crippen LogP contribution is 2.33. The lowest BCUT2D eigenvalue weighted by atomic mass is 9.94. The van der Waals surface area contributed by atoms with Crippen LogP contribution in [0.15, 0.2) is 51.7 Å². The Bertz CT molecular complexity index is 1240. The molecule has 0 aliphatic heterocycles. The molecular formula is C21H17BrN2O7. The number of aromatic amines is 1. The molecule has 1 heterocycles. The molecule has 0 spiro atoms. The molecular weight excluding hydrogens is 472 g/mol. The number of pyridine rings is 1. The Hall–Kier alpha value is -3.79. The summed E-state index contributed by atoms with van der Waals surface area (Å²) in [5.41, 5.74) is 3.81. The minimum absolute atomic E-state index is 0.0309. The molecule has 0 amide bonds. The summed E-state index contributed by atoms with van der Waals surface area (Å²) in [5.74, 6) is -2.51. The Balaban J connectivity index is 2.17. The summed E-state index contributed by atoms with van der Waals surface area (Å²) in [5, 5.41) is 19.2. The van der Waals surface area contributed by atoms with E-state index in [4.69, 9.17) is 15.2 Å². The zero-order valence-corrected chi connectivity index (χ0v) is 17.7. The zero-order chi connectivity index (χ0) is 22.7. The summed E-state index contributed by atoms with van der Waals surface area (Å²) >= 11 is 3.38. The average molecular weight is 489 g/mol. The van der Waals surface area contributed by atoms with Crippen molar-refractivity contribution < 1.29 is 29.3 Å². The van der Waals surface area contributed by atoms with E-state index >= 15 is 0 Å². The molecule has 31 heavy (non-hydrogen) atoms.